The van der Waals surface area contributed by atoms with E-state index in [4.69, 9.17) is 14.2 Å². The van der Waals surface area contributed by atoms with Crippen LogP contribution in [-0.2, 0) is 4.74 Å². The van der Waals surface area contributed by atoms with Crippen molar-refractivity contribution < 1.29 is 24.1 Å². The molecule has 1 saturated carbocycles. The van der Waals surface area contributed by atoms with E-state index >= 15 is 0 Å². The molecular weight excluding hydrogens is 346 g/mol. The van der Waals surface area contributed by atoms with E-state index in [9.17, 15) is 9.90 Å². The van der Waals surface area contributed by atoms with Crippen molar-refractivity contribution in [2.75, 3.05) is 27.4 Å². The van der Waals surface area contributed by atoms with Crippen molar-refractivity contribution in [3.05, 3.63) is 29.8 Å². The van der Waals surface area contributed by atoms with Crippen LogP contribution in [0.2, 0.25) is 0 Å². The summed E-state index contributed by atoms with van der Waals surface area (Å²) in [7, 11) is 3.21. The van der Waals surface area contributed by atoms with Crippen LogP contribution in [0.25, 0.3) is 6.08 Å². The number of carbonyl (C=O) groups excluding carboxylic acids is 1. The first kappa shape index (κ1) is 19.5. The van der Waals surface area contributed by atoms with E-state index in [1.165, 1.54) is 0 Å². The van der Waals surface area contributed by atoms with Gasteiger partial charge in [0.1, 0.15) is 0 Å². The highest BCUT2D eigenvalue weighted by atomic mass is 16.6. The maximum Gasteiger partial charge on any atom is 0.410 e. The first-order valence-electron chi connectivity index (χ1n) is 9.59. The summed E-state index contributed by atoms with van der Waals surface area (Å²) in [6, 6.07) is 5.71. The molecule has 0 aromatic heterocycles. The Morgan fingerprint density at radius 2 is 2.07 bits per heavy atom. The minimum absolute atomic E-state index is 0.0343. The molecule has 3 rings (SSSR count). The van der Waals surface area contributed by atoms with Gasteiger partial charge in [-0.3, -0.25) is 0 Å². The number of fused-ring (bicyclic) bond motifs is 1. The number of methoxy groups -OCH3 is 2. The highest BCUT2D eigenvalue weighted by molar-refractivity contribution is 5.68. The van der Waals surface area contributed by atoms with Gasteiger partial charge in [0.2, 0.25) is 0 Å². The second-order valence-corrected chi connectivity index (χ2v) is 7.19. The molecule has 1 aromatic carbocycles. The van der Waals surface area contributed by atoms with Crippen molar-refractivity contribution >= 4 is 12.2 Å². The smallest absolute Gasteiger partial charge is 0.410 e. The second kappa shape index (κ2) is 8.21. The van der Waals surface area contributed by atoms with Gasteiger partial charge in [-0.25, -0.2) is 4.79 Å². The molecule has 3 unspecified atom stereocenters. The fraction of sp³-hybridized carbons (Fsp3) is 0.571. The predicted molar refractivity (Wildman–Crippen MR) is 103 cm³/mol. The summed E-state index contributed by atoms with van der Waals surface area (Å²) in [6.07, 6.45) is 6.83. The summed E-state index contributed by atoms with van der Waals surface area (Å²) >= 11 is 0. The molecule has 3 atom stereocenters. The Bertz CT molecular complexity index is 704. The highest BCUT2D eigenvalue weighted by Crippen LogP contribution is 2.44. The van der Waals surface area contributed by atoms with E-state index < -0.39 is 5.60 Å². The van der Waals surface area contributed by atoms with Crippen molar-refractivity contribution in [1.29, 1.82) is 0 Å². The molecule has 27 heavy (non-hydrogen) atoms. The summed E-state index contributed by atoms with van der Waals surface area (Å²) in [6.45, 7) is 2.82. The van der Waals surface area contributed by atoms with Crippen molar-refractivity contribution in [3.63, 3.8) is 0 Å². The highest BCUT2D eigenvalue weighted by Gasteiger charge is 2.49. The van der Waals surface area contributed by atoms with Gasteiger partial charge >= 0.3 is 6.09 Å². The number of aliphatic hydroxyl groups is 1. The zero-order valence-electron chi connectivity index (χ0n) is 16.3. The largest absolute Gasteiger partial charge is 0.493 e. The number of nitrogens with zero attached hydrogens (tertiary/aromatic N) is 1. The average Bonchev–Trinajstić information content (AvgIpc) is 3.12. The standard InChI is InChI=1S/C21H29NO5/c1-4-27-20(23)22-13-10-16-17(22)6-5-11-21(16,24)12-9-15-7-8-18(25-2)19(14-15)26-3/h7-9,12,14,16-17,24H,4-6,10-11,13H2,1-3H3/b12-9-. The molecule has 2 aliphatic rings. The minimum Gasteiger partial charge on any atom is -0.493 e. The molecule has 1 aromatic rings. The molecule has 0 spiro atoms. The van der Waals surface area contributed by atoms with Crippen LogP contribution >= 0.6 is 0 Å². The molecule has 1 aliphatic heterocycles. The third kappa shape index (κ3) is 3.90. The van der Waals surface area contributed by atoms with Crippen LogP contribution in [0.5, 0.6) is 11.5 Å². The van der Waals surface area contributed by atoms with E-state index in [0.717, 1.165) is 24.8 Å². The van der Waals surface area contributed by atoms with Crippen LogP contribution < -0.4 is 9.47 Å². The lowest BCUT2D eigenvalue weighted by atomic mass is 9.72. The molecule has 1 N–H and O–H groups in total. The minimum atomic E-state index is -0.919. The van der Waals surface area contributed by atoms with Gasteiger partial charge in [-0.05, 0) is 50.3 Å². The van der Waals surface area contributed by atoms with Gasteiger partial charge < -0.3 is 24.2 Å². The maximum absolute atomic E-state index is 12.2. The quantitative estimate of drug-likeness (QED) is 0.853. The summed E-state index contributed by atoms with van der Waals surface area (Å²) in [5.41, 5.74) is 0.0144. The zero-order valence-corrected chi connectivity index (χ0v) is 16.3. The lowest BCUT2D eigenvalue weighted by Crippen LogP contribution is -2.49. The summed E-state index contributed by atoms with van der Waals surface area (Å²) in [5.74, 6) is 1.36. The Balaban J connectivity index is 1.78. The van der Waals surface area contributed by atoms with E-state index in [1.807, 2.05) is 37.3 Å². The lowest BCUT2D eigenvalue weighted by molar-refractivity contribution is -0.0216. The Kier molecular flexibility index (Phi) is 5.95. The van der Waals surface area contributed by atoms with Gasteiger partial charge in [0, 0.05) is 18.5 Å². The zero-order chi connectivity index (χ0) is 19.4. The molecule has 6 nitrogen and oxygen atoms in total. The third-order valence-electron chi connectivity index (χ3n) is 5.74. The van der Waals surface area contributed by atoms with Gasteiger partial charge in [-0.1, -0.05) is 18.2 Å². The number of ether oxygens (including phenoxy) is 3. The van der Waals surface area contributed by atoms with Crippen molar-refractivity contribution in [3.8, 4) is 11.5 Å². The average molecular weight is 375 g/mol. The van der Waals surface area contributed by atoms with Gasteiger partial charge in [-0.15, -0.1) is 0 Å². The summed E-state index contributed by atoms with van der Waals surface area (Å²) in [5, 5.41) is 11.3. The van der Waals surface area contributed by atoms with Crippen LogP contribution in [0.1, 0.15) is 38.2 Å². The molecule has 2 fully saturated rings. The number of benzene rings is 1. The number of rotatable bonds is 5. The molecule has 0 bridgehead atoms. The van der Waals surface area contributed by atoms with Crippen molar-refractivity contribution in [2.45, 2.75) is 44.2 Å². The number of amides is 1. The lowest BCUT2D eigenvalue weighted by Gasteiger charge is -2.41. The van der Waals surface area contributed by atoms with Gasteiger partial charge in [0.15, 0.2) is 11.5 Å². The summed E-state index contributed by atoms with van der Waals surface area (Å²) in [4.78, 5) is 14.0. The monoisotopic (exact) mass is 375 g/mol. The van der Waals surface area contributed by atoms with E-state index in [1.54, 1.807) is 19.1 Å². The topological polar surface area (TPSA) is 68.2 Å². The molecule has 148 valence electrons. The predicted octanol–water partition coefficient (Wildman–Crippen LogP) is 3.48. The number of carbonyl (C=O) groups is 1. The molecule has 1 amide bonds. The van der Waals surface area contributed by atoms with Crippen LogP contribution in [0, 0.1) is 5.92 Å². The Morgan fingerprint density at radius 3 is 2.78 bits per heavy atom. The normalized spacial score (nSPS) is 27.5. The fourth-order valence-corrected chi connectivity index (χ4v) is 4.41. The molecule has 6 heteroatoms. The van der Waals surface area contributed by atoms with E-state index in [0.29, 0.717) is 31.1 Å². The number of hydrogen-bond donors (Lipinski definition) is 1. The molecule has 1 heterocycles. The second-order valence-electron chi connectivity index (χ2n) is 7.19. The Hall–Kier alpha value is -2.21. The molecule has 0 radical (unpaired) electrons. The summed E-state index contributed by atoms with van der Waals surface area (Å²) < 4.78 is 15.8. The third-order valence-corrected chi connectivity index (χ3v) is 5.74. The van der Waals surface area contributed by atoms with Crippen LogP contribution in [-0.4, -0.2) is 55.1 Å². The SMILES string of the molecule is CCOC(=O)N1CCC2C1CCCC2(O)/C=C\c1ccc(OC)c(OC)c1. The van der Waals surface area contributed by atoms with E-state index in [2.05, 4.69) is 0 Å². The Labute approximate surface area is 160 Å². The Morgan fingerprint density at radius 1 is 1.30 bits per heavy atom. The number of hydrogen-bond acceptors (Lipinski definition) is 5. The maximum atomic E-state index is 12.2. The van der Waals surface area contributed by atoms with Crippen LogP contribution in [0.15, 0.2) is 24.3 Å². The molecule has 1 saturated heterocycles. The van der Waals surface area contributed by atoms with Gasteiger partial charge in [0.05, 0.1) is 26.4 Å². The first-order chi connectivity index (χ1) is 13.0. The first-order valence-corrected chi connectivity index (χ1v) is 9.59. The molecular formula is C21H29NO5. The number of likely N-dealkylation sites (tertiary alicyclic amines) is 1. The van der Waals surface area contributed by atoms with Crippen LogP contribution in [0.4, 0.5) is 4.79 Å². The van der Waals surface area contributed by atoms with Crippen molar-refractivity contribution in [1.82, 2.24) is 4.90 Å². The molecule has 1 aliphatic carbocycles. The fourth-order valence-electron chi connectivity index (χ4n) is 4.41. The van der Waals surface area contributed by atoms with E-state index in [-0.39, 0.29) is 18.1 Å². The van der Waals surface area contributed by atoms with Gasteiger partial charge in [0.25, 0.3) is 0 Å². The van der Waals surface area contributed by atoms with Crippen molar-refractivity contribution in [2.24, 2.45) is 5.92 Å². The van der Waals surface area contributed by atoms with Gasteiger partial charge in [-0.2, -0.15) is 0 Å². The van der Waals surface area contributed by atoms with Crippen LogP contribution in [0.3, 0.4) is 0 Å².